The van der Waals surface area contributed by atoms with Crippen molar-refractivity contribution in [3.8, 4) is 0 Å². The van der Waals surface area contributed by atoms with Crippen LogP contribution in [0.15, 0.2) is 33.2 Å². The summed E-state index contributed by atoms with van der Waals surface area (Å²) >= 11 is 3.49. The largest absolute Gasteiger partial charge is 0.459 e. The summed E-state index contributed by atoms with van der Waals surface area (Å²) in [6.07, 6.45) is 0. The number of rotatable bonds is 5. The van der Waals surface area contributed by atoms with Crippen molar-refractivity contribution in [3.05, 3.63) is 34.5 Å². The normalized spacial score (nSPS) is 14.2. The van der Waals surface area contributed by atoms with Crippen molar-refractivity contribution in [2.75, 3.05) is 6.54 Å². The molecule has 1 aromatic heterocycles. The summed E-state index contributed by atoms with van der Waals surface area (Å²) in [6.45, 7) is 12.3. The van der Waals surface area contributed by atoms with E-state index < -0.39 is 0 Å². The fourth-order valence-corrected chi connectivity index (χ4v) is 2.35. The SMILES string of the molecule is CC(NCC(C)(C)C(C)C)c1cc2cc(Br)ccc2o1. The lowest BCUT2D eigenvalue weighted by atomic mass is 9.81. The molecule has 0 saturated heterocycles. The van der Waals surface area contributed by atoms with Gasteiger partial charge in [0.2, 0.25) is 0 Å². The number of fused-ring (bicyclic) bond motifs is 1. The number of hydrogen-bond donors (Lipinski definition) is 1. The molecule has 20 heavy (non-hydrogen) atoms. The molecule has 1 unspecified atom stereocenters. The Bertz CT molecular complexity index is 586. The zero-order valence-corrected chi connectivity index (χ0v) is 14.5. The van der Waals surface area contributed by atoms with Gasteiger partial charge in [-0.3, -0.25) is 0 Å². The molecule has 2 rings (SSSR count). The summed E-state index contributed by atoms with van der Waals surface area (Å²) in [5.41, 5.74) is 1.23. The highest BCUT2D eigenvalue weighted by Gasteiger charge is 2.23. The molecule has 2 aromatic rings. The maximum atomic E-state index is 5.93. The van der Waals surface area contributed by atoms with Gasteiger partial charge >= 0.3 is 0 Å². The average Bonchev–Trinajstić information content (AvgIpc) is 2.78. The highest BCUT2D eigenvalue weighted by atomic mass is 79.9. The lowest BCUT2D eigenvalue weighted by molar-refractivity contribution is 0.226. The predicted octanol–water partition coefficient (Wildman–Crippen LogP) is 5.53. The Morgan fingerprint density at radius 3 is 2.55 bits per heavy atom. The molecular weight excluding hydrogens is 314 g/mol. The predicted molar refractivity (Wildman–Crippen MR) is 89.0 cm³/mol. The van der Waals surface area contributed by atoms with E-state index in [1.807, 2.05) is 12.1 Å². The van der Waals surface area contributed by atoms with Crippen LogP contribution >= 0.6 is 15.9 Å². The standard InChI is InChI=1S/C17H24BrNO/c1-11(2)17(4,5)10-19-12(3)16-9-13-8-14(18)6-7-15(13)20-16/h6-9,11-12,19H,10H2,1-5H3. The fourth-order valence-electron chi connectivity index (χ4n) is 1.97. The Labute approximate surface area is 130 Å². The lowest BCUT2D eigenvalue weighted by Crippen LogP contribution is -2.34. The third-order valence-corrected chi connectivity index (χ3v) is 4.84. The lowest BCUT2D eigenvalue weighted by Gasteiger charge is -2.30. The van der Waals surface area contributed by atoms with E-state index in [2.05, 4.69) is 68.0 Å². The van der Waals surface area contributed by atoms with Crippen LogP contribution in [0.2, 0.25) is 0 Å². The van der Waals surface area contributed by atoms with Crippen LogP contribution in [-0.4, -0.2) is 6.54 Å². The molecule has 0 aliphatic carbocycles. The zero-order chi connectivity index (χ0) is 14.9. The Kier molecular flexibility index (Phi) is 4.60. The first-order valence-electron chi connectivity index (χ1n) is 7.22. The molecule has 0 amide bonds. The molecule has 0 saturated carbocycles. The quantitative estimate of drug-likeness (QED) is 0.776. The van der Waals surface area contributed by atoms with Crippen molar-refractivity contribution in [3.63, 3.8) is 0 Å². The van der Waals surface area contributed by atoms with Gasteiger partial charge in [0.1, 0.15) is 11.3 Å². The average molecular weight is 338 g/mol. The van der Waals surface area contributed by atoms with Crippen LogP contribution in [-0.2, 0) is 0 Å². The number of benzene rings is 1. The van der Waals surface area contributed by atoms with Gasteiger partial charge in [-0.2, -0.15) is 0 Å². The van der Waals surface area contributed by atoms with Crippen LogP contribution in [0.1, 0.15) is 46.4 Å². The molecule has 1 heterocycles. The monoisotopic (exact) mass is 337 g/mol. The van der Waals surface area contributed by atoms with Gasteiger partial charge in [0, 0.05) is 16.4 Å². The Morgan fingerprint density at radius 1 is 1.20 bits per heavy atom. The highest BCUT2D eigenvalue weighted by molar-refractivity contribution is 9.10. The second-order valence-corrected chi connectivity index (χ2v) is 7.49. The fraction of sp³-hybridized carbons (Fsp3) is 0.529. The molecule has 0 fully saturated rings. The van der Waals surface area contributed by atoms with E-state index in [0.29, 0.717) is 5.92 Å². The second-order valence-electron chi connectivity index (χ2n) is 6.58. The van der Waals surface area contributed by atoms with Crippen LogP contribution in [0.4, 0.5) is 0 Å². The van der Waals surface area contributed by atoms with Crippen LogP contribution in [0.5, 0.6) is 0 Å². The van der Waals surface area contributed by atoms with Crippen LogP contribution in [0, 0.1) is 11.3 Å². The Balaban J connectivity index is 2.09. The third-order valence-electron chi connectivity index (χ3n) is 4.35. The first-order valence-corrected chi connectivity index (χ1v) is 8.01. The minimum atomic E-state index is 0.221. The number of nitrogens with one attached hydrogen (secondary N) is 1. The van der Waals surface area contributed by atoms with Gasteiger partial charge in [-0.15, -0.1) is 0 Å². The first-order chi connectivity index (χ1) is 9.29. The molecule has 3 heteroatoms. The summed E-state index contributed by atoms with van der Waals surface area (Å²) < 4.78 is 7.01. The maximum Gasteiger partial charge on any atom is 0.134 e. The van der Waals surface area contributed by atoms with Crippen LogP contribution < -0.4 is 5.32 Å². The molecule has 1 atom stereocenters. The van der Waals surface area contributed by atoms with Gasteiger partial charge in [0.05, 0.1) is 6.04 Å². The van der Waals surface area contributed by atoms with E-state index in [0.717, 1.165) is 27.7 Å². The van der Waals surface area contributed by atoms with E-state index >= 15 is 0 Å². The van der Waals surface area contributed by atoms with E-state index in [9.17, 15) is 0 Å². The molecule has 110 valence electrons. The van der Waals surface area contributed by atoms with Crippen molar-refractivity contribution >= 4 is 26.9 Å². The van der Waals surface area contributed by atoms with Gasteiger partial charge in [-0.1, -0.05) is 43.6 Å². The van der Waals surface area contributed by atoms with E-state index in [1.54, 1.807) is 0 Å². The van der Waals surface area contributed by atoms with Crippen LogP contribution in [0.25, 0.3) is 11.0 Å². The van der Waals surface area contributed by atoms with Crippen molar-refractivity contribution in [2.24, 2.45) is 11.3 Å². The summed E-state index contributed by atoms with van der Waals surface area (Å²) in [4.78, 5) is 0. The van der Waals surface area contributed by atoms with Gasteiger partial charge in [-0.25, -0.2) is 0 Å². The molecule has 0 spiro atoms. The van der Waals surface area contributed by atoms with Gasteiger partial charge in [0.15, 0.2) is 0 Å². The molecule has 1 N–H and O–H groups in total. The van der Waals surface area contributed by atoms with Crippen molar-refractivity contribution in [2.45, 2.75) is 40.7 Å². The Hall–Kier alpha value is -0.800. The van der Waals surface area contributed by atoms with E-state index in [-0.39, 0.29) is 11.5 Å². The second kappa shape index (κ2) is 5.90. The number of halogens is 1. The summed E-state index contributed by atoms with van der Waals surface area (Å²) in [5, 5.41) is 4.74. The minimum Gasteiger partial charge on any atom is -0.459 e. The van der Waals surface area contributed by atoms with Crippen molar-refractivity contribution < 1.29 is 4.42 Å². The zero-order valence-electron chi connectivity index (χ0n) is 13.0. The Morgan fingerprint density at radius 2 is 1.90 bits per heavy atom. The molecule has 1 aromatic carbocycles. The van der Waals surface area contributed by atoms with Gasteiger partial charge in [-0.05, 0) is 42.5 Å². The molecule has 0 bridgehead atoms. The molecular formula is C17H24BrNO. The maximum absolute atomic E-state index is 5.93. The summed E-state index contributed by atoms with van der Waals surface area (Å²) in [7, 11) is 0. The molecule has 0 aliphatic rings. The molecule has 0 radical (unpaired) electrons. The smallest absolute Gasteiger partial charge is 0.134 e. The summed E-state index contributed by atoms with van der Waals surface area (Å²) in [5.74, 6) is 1.64. The molecule has 2 nitrogen and oxygen atoms in total. The number of furan rings is 1. The first kappa shape index (κ1) is 15.6. The highest BCUT2D eigenvalue weighted by Crippen LogP contribution is 2.29. The third kappa shape index (κ3) is 3.44. The van der Waals surface area contributed by atoms with Crippen molar-refractivity contribution in [1.82, 2.24) is 5.32 Å². The van der Waals surface area contributed by atoms with Crippen LogP contribution in [0.3, 0.4) is 0 Å². The van der Waals surface area contributed by atoms with Crippen molar-refractivity contribution in [1.29, 1.82) is 0 Å². The minimum absolute atomic E-state index is 0.221. The van der Waals surface area contributed by atoms with Gasteiger partial charge in [0.25, 0.3) is 0 Å². The van der Waals surface area contributed by atoms with E-state index in [4.69, 9.17) is 4.42 Å². The van der Waals surface area contributed by atoms with E-state index in [1.165, 1.54) is 0 Å². The van der Waals surface area contributed by atoms with Gasteiger partial charge < -0.3 is 9.73 Å². The summed E-state index contributed by atoms with van der Waals surface area (Å²) in [6, 6.07) is 8.45. The molecule has 0 aliphatic heterocycles. The topological polar surface area (TPSA) is 25.2 Å². The number of hydrogen-bond acceptors (Lipinski definition) is 2.